The van der Waals surface area contributed by atoms with Crippen molar-refractivity contribution in [3.63, 3.8) is 0 Å². The largest absolute Gasteiger partial charge is 0.490 e. The maximum absolute atomic E-state index is 13.7. The lowest BCUT2D eigenvalue weighted by Gasteiger charge is -2.46. The molecule has 1 saturated carbocycles. The summed E-state index contributed by atoms with van der Waals surface area (Å²) in [5, 5.41) is 3.69. The van der Waals surface area contributed by atoms with Crippen molar-refractivity contribution in [3.05, 3.63) is 70.3 Å². The number of anilines is 1. The molecular weight excluding hydrogens is 594 g/mol. The summed E-state index contributed by atoms with van der Waals surface area (Å²) in [4.78, 5) is 28.3. The van der Waals surface area contributed by atoms with E-state index in [1.807, 2.05) is 25.1 Å². The molecule has 9 heteroatoms. The van der Waals surface area contributed by atoms with Crippen molar-refractivity contribution in [1.29, 1.82) is 0 Å². The van der Waals surface area contributed by atoms with Crippen molar-refractivity contribution in [1.82, 2.24) is 10.0 Å². The highest BCUT2D eigenvalue weighted by Gasteiger charge is 2.44. The number of benzene rings is 2. The Morgan fingerprint density at radius 3 is 2.82 bits per heavy atom. The number of nitrogens with one attached hydrogen (secondary N) is 2. The lowest BCUT2D eigenvalue weighted by atomic mass is 9.68. The van der Waals surface area contributed by atoms with Gasteiger partial charge in [-0.3, -0.25) is 14.3 Å². The summed E-state index contributed by atoms with van der Waals surface area (Å²) in [7, 11) is -2.90. The first kappa shape index (κ1) is 31.0. The number of aryl methyl sites for hydroxylation is 1. The molecule has 44 heavy (non-hydrogen) atoms. The Hall–Kier alpha value is -2.97. The number of fused-ring (bicyclic) bond motifs is 4. The number of nitrogens with zero attached hydrogens (tertiary/aromatic N) is 1. The SMILES string of the molecule is C=S1(=O)NC(=O)c2ccc3c(c2)N(C[C@@H]2CC[C@H]2[C@H](NC(C)=O)/C=C\CC[C@H]1CC)C[C@@]1(CCCc2cc(Cl)ccc21)CO3. The first-order chi connectivity index (χ1) is 21.1. The van der Waals surface area contributed by atoms with Crippen molar-refractivity contribution < 1.29 is 18.5 Å². The summed E-state index contributed by atoms with van der Waals surface area (Å²) < 4.78 is 23.1. The van der Waals surface area contributed by atoms with Crippen LogP contribution in [0.5, 0.6) is 5.75 Å². The minimum Gasteiger partial charge on any atom is -0.490 e. The van der Waals surface area contributed by atoms with Crippen LogP contribution in [0.25, 0.3) is 0 Å². The Morgan fingerprint density at radius 2 is 2.07 bits per heavy atom. The summed E-state index contributed by atoms with van der Waals surface area (Å²) in [5.74, 6) is 4.98. The van der Waals surface area contributed by atoms with E-state index in [9.17, 15) is 13.8 Å². The Morgan fingerprint density at radius 1 is 1.23 bits per heavy atom. The zero-order valence-corrected chi connectivity index (χ0v) is 27.4. The van der Waals surface area contributed by atoms with Crippen LogP contribution in [0.1, 0.15) is 80.3 Å². The van der Waals surface area contributed by atoms with Crippen molar-refractivity contribution in [2.75, 3.05) is 24.6 Å². The van der Waals surface area contributed by atoms with E-state index < -0.39 is 9.71 Å². The molecule has 6 rings (SSSR count). The Kier molecular flexibility index (Phi) is 8.77. The summed E-state index contributed by atoms with van der Waals surface area (Å²) >= 11 is 6.43. The standard InChI is InChI=1S/C35H44ClN3O4S/c1-4-28-9-5-6-10-31(37-23(2)40)29-14-11-26(29)20-39-21-35(17-7-8-24-18-27(36)13-15-30(24)35)22-43-33-16-12-25(19-32(33)39)34(41)38-44(28,3)42/h6,10,12-13,15-16,18-19,26,28-29,31H,3-5,7-9,11,14,17,20-22H2,1-2H3,(H,37,40)(H,38,41,42)/b10-6-/t26-,28+,29+,31+,35-,44?/m0/s1. The number of hydrogen-bond donors (Lipinski definition) is 2. The van der Waals surface area contributed by atoms with E-state index in [1.54, 1.807) is 13.0 Å². The molecule has 2 aromatic rings. The fourth-order valence-corrected chi connectivity index (χ4v) is 9.70. The molecule has 2 aromatic carbocycles. The van der Waals surface area contributed by atoms with Crippen LogP contribution in [-0.4, -0.2) is 52.9 Å². The topological polar surface area (TPSA) is 87.7 Å². The summed E-state index contributed by atoms with van der Waals surface area (Å²) in [6, 6.07) is 11.7. The third kappa shape index (κ3) is 6.12. The van der Waals surface area contributed by atoms with Gasteiger partial charge in [-0.05, 0) is 111 Å². The molecule has 0 saturated heterocycles. The van der Waals surface area contributed by atoms with Gasteiger partial charge < -0.3 is 15.0 Å². The molecule has 0 aromatic heterocycles. The summed E-state index contributed by atoms with van der Waals surface area (Å²) in [6.07, 6.45) is 11.3. The molecule has 4 aliphatic rings. The van der Waals surface area contributed by atoms with Gasteiger partial charge in [0.2, 0.25) is 5.91 Å². The summed E-state index contributed by atoms with van der Waals surface area (Å²) in [5.41, 5.74) is 3.66. The highest BCUT2D eigenvalue weighted by Crippen LogP contribution is 2.46. The van der Waals surface area contributed by atoms with Crippen molar-refractivity contribution in [3.8, 4) is 5.75 Å². The molecule has 2 bridgehead atoms. The van der Waals surface area contributed by atoms with Gasteiger partial charge in [0.1, 0.15) is 5.75 Å². The third-order valence-corrected chi connectivity index (χ3v) is 12.7. The van der Waals surface area contributed by atoms with Gasteiger partial charge >= 0.3 is 0 Å². The number of rotatable bonds is 2. The van der Waals surface area contributed by atoms with Crippen molar-refractivity contribution in [2.45, 2.75) is 81.9 Å². The van der Waals surface area contributed by atoms with E-state index in [4.69, 9.17) is 16.3 Å². The van der Waals surface area contributed by atoms with Crippen LogP contribution in [0, 0.1) is 11.8 Å². The molecule has 2 N–H and O–H groups in total. The monoisotopic (exact) mass is 637 g/mol. The molecule has 2 heterocycles. The van der Waals surface area contributed by atoms with E-state index in [1.165, 1.54) is 11.1 Å². The molecule has 2 amide bonds. The normalized spacial score (nSPS) is 32.6. The first-order valence-corrected chi connectivity index (χ1v) is 18.2. The Balaban J connectivity index is 1.43. The number of carbonyl (C=O) groups is 2. The van der Waals surface area contributed by atoms with Crippen LogP contribution in [0.4, 0.5) is 5.69 Å². The lowest BCUT2D eigenvalue weighted by Crippen LogP contribution is -2.51. The first-order valence-electron chi connectivity index (χ1n) is 16.0. The molecular formula is C35H44ClN3O4S. The van der Waals surface area contributed by atoms with Crippen LogP contribution in [0.15, 0.2) is 48.6 Å². The van der Waals surface area contributed by atoms with Gasteiger partial charge in [0, 0.05) is 41.3 Å². The van der Waals surface area contributed by atoms with Crippen LogP contribution in [-0.2, 0) is 26.3 Å². The number of carbonyl (C=O) groups excluding carboxylic acids is 2. The molecule has 2 aliphatic carbocycles. The molecule has 7 nitrogen and oxygen atoms in total. The van der Waals surface area contributed by atoms with Gasteiger partial charge in [0.05, 0.1) is 28.0 Å². The van der Waals surface area contributed by atoms with E-state index >= 15 is 0 Å². The van der Waals surface area contributed by atoms with Crippen molar-refractivity contribution in [2.24, 2.45) is 11.8 Å². The molecule has 236 valence electrons. The molecule has 1 spiro atoms. The third-order valence-electron chi connectivity index (χ3n) is 10.3. The van der Waals surface area contributed by atoms with Crippen LogP contribution in [0.3, 0.4) is 0 Å². The van der Waals surface area contributed by atoms with Gasteiger partial charge in [-0.25, -0.2) is 4.21 Å². The average molecular weight is 638 g/mol. The van der Waals surface area contributed by atoms with Crippen LogP contribution in [0.2, 0.25) is 5.02 Å². The highest BCUT2D eigenvalue weighted by molar-refractivity contribution is 7.99. The molecule has 2 aliphatic heterocycles. The molecule has 1 fully saturated rings. The molecule has 6 atom stereocenters. The van der Waals surface area contributed by atoms with Gasteiger partial charge in [-0.1, -0.05) is 36.7 Å². The molecule has 0 radical (unpaired) electrons. The maximum atomic E-state index is 13.7. The number of halogens is 1. The van der Waals surface area contributed by atoms with E-state index in [0.29, 0.717) is 43.3 Å². The fourth-order valence-electron chi connectivity index (χ4n) is 7.85. The van der Waals surface area contributed by atoms with E-state index in [-0.39, 0.29) is 28.5 Å². The zero-order chi connectivity index (χ0) is 31.1. The van der Waals surface area contributed by atoms with Gasteiger partial charge in [-0.15, -0.1) is 0 Å². The molecule has 1 unspecified atom stereocenters. The second-order valence-corrected chi connectivity index (χ2v) is 16.0. The van der Waals surface area contributed by atoms with Gasteiger partial charge in [0.25, 0.3) is 5.91 Å². The highest BCUT2D eigenvalue weighted by atomic mass is 35.5. The smallest absolute Gasteiger partial charge is 0.262 e. The van der Waals surface area contributed by atoms with E-state index in [0.717, 1.165) is 61.7 Å². The predicted molar refractivity (Wildman–Crippen MR) is 179 cm³/mol. The van der Waals surface area contributed by atoms with Gasteiger partial charge in [0.15, 0.2) is 0 Å². The zero-order valence-electron chi connectivity index (χ0n) is 25.8. The fraction of sp³-hybridized carbons (Fsp3) is 0.514. The minimum absolute atomic E-state index is 0.0378. The maximum Gasteiger partial charge on any atom is 0.262 e. The predicted octanol–water partition coefficient (Wildman–Crippen LogP) is 5.83. The lowest BCUT2D eigenvalue weighted by molar-refractivity contribution is -0.120. The minimum atomic E-state index is -2.90. The number of hydrogen-bond acceptors (Lipinski definition) is 5. The number of ether oxygens (including phenoxy) is 1. The van der Waals surface area contributed by atoms with Crippen LogP contribution < -0.4 is 19.7 Å². The number of amides is 2. The van der Waals surface area contributed by atoms with Crippen molar-refractivity contribution >= 4 is 44.7 Å². The summed E-state index contributed by atoms with van der Waals surface area (Å²) in [6.45, 7) is 5.62. The second kappa shape index (κ2) is 12.4. The Bertz CT molecular complexity index is 1570. The Labute approximate surface area is 266 Å². The van der Waals surface area contributed by atoms with Gasteiger partial charge in [-0.2, -0.15) is 0 Å². The number of allylic oxidation sites excluding steroid dienone is 1. The van der Waals surface area contributed by atoms with E-state index in [2.05, 4.69) is 45.1 Å². The van der Waals surface area contributed by atoms with Crippen LogP contribution >= 0.6 is 11.6 Å². The quantitative estimate of drug-likeness (QED) is 0.319. The second-order valence-electron chi connectivity index (χ2n) is 13.2. The average Bonchev–Trinajstić information content (AvgIpc) is 3.11.